The van der Waals surface area contributed by atoms with Gasteiger partial charge in [-0.15, -0.1) is 0 Å². The van der Waals surface area contributed by atoms with Crippen LogP contribution in [0.4, 0.5) is 11.4 Å². The third-order valence-corrected chi connectivity index (χ3v) is 2.95. The van der Waals surface area contributed by atoms with Gasteiger partial charge in [0.2, 0.25) is 5.91 Å². The Bertz CT molecular complexity index is 424. The van der Waals surface area contributed by atoms with Gasteiger partial charge in [0, 0.05) is 24.8 Å². The van der Waals surface area contributed by atoms with Crippen molar-refractivity contribution in [2.24, 2.45) is 0 Å². The molecule has 0 fully saturated rings. The van der Waals surface area contributed by atoms with Gasteiger partial charge >= 0.3 is 0 Å². The van der Waals surface area contributed by atoms with E-state index in [4.69, 9.17) is 0 Å². The zero-order valence-corrected chi connectivity index (χ0v) is 12.7. The fourth-order valence-electron chi connectivity index (χ4n) is 1.87. The van der Waals surface area contributed by atoms with Crippen LogP contribution in [-0.2, 0) is 4.79 Å². The fourth-order valence-corrected chi connectivity index (χ4v) is 1.87. The Labute approximate surface area is 116 Å². The van der Waals surface area contributed by atoms with Crippen LogP contribution >= 0.6 is 0 Å². The quantitative estimate of drug-likeness (QED) is 0.799. The number of carbonyl (C=O) groups excluding carboxylic acids is 1. The molecule has 1 aromatic carbocycles. The highest BCUT2D eigenvalue weighted by Crippen LogP contribution is 2.19. The molecule has 0 aliphatic heterocycles. The van der Waals surface area contributed by atoms with Crippen LogP contribution in [0.2, 0.25) is 0 Å². The molecule has 1 rings (SSSR count). The van der Waals surface area contributed by atoms with Crippen molar-refractivity contribution in [2.75, 3.05) is 51.0 Å². The molecule has 0 saturated carbocycles. The maximum absolute atomic E-state index is 11.1. The van der Waals surface area contributed by atoms with Crippen molar-refractivity contribution in [3.63, 3.8) is 0 Å². The second-order valence-corrected chi connectivity index (χ2v) is 5.83. The number of rotatable bonds is 6. The number of amides is 1. The van der Waals surface area contributed by atoms with Crippen LogP contribution in [0.3, 0.4) is 0 Å². The lowest BCUT2D eigenvalue weighted by Crippen LogP contribution is -2.42. The molecule has 1 N–H and O–H groups in total. The maximum Gasteiger partial charge on any atom is 0.221 e. The molecule has 19 heavy (non-hydrogen) atoms. The Balaban J connectivity index is 2.77. The Morgan fingerprint density at radius 1 is 1.32 bits per heavy atom. The lowest BCUT2D eigenvalue weighted by molar-refractivity contribution is -0.868. The first-order valence-electron chi connectivity index (χ1n) is 6.75. The molecule has 1 amide bonds. The van der Waals surface area contributed by atoms with Crippen molar-refractivity contribution in [1.82, 2.24) is 0 Å². The van der Waals surface area contributed by atoms with E-state index in [0.717, 1.165) is 35.5 Å². The van der Waals surface area contributed by atoms with Crippen molar-refractivity contribution in [2.45, 2.75) is 13.8 Å². The summed E-state index contributed by atoms with van der Waals surface area (Å²) in [5.74, 6) is -0.0356. The van der Waals surface area contributed by atoms with Gasteiger partial charge in [0.15, 0.2) is 0 Å². The van der Waals surface area contributed by atoms with Crippen LogP contribution in [0, 0.1) is 0 Å². The number of nitrogens with zero attached hydrogens (tertiary/aromatic N) is 2. The predicted octanol–water partition coefficient (Wildman–Crippen LogP) is 2.18. The topological polar surface area (TPSA) is 32.3 Å². The molecule has 4 nitrogen and oxygen atoms in total. The first-order valence-corrected chi connectivity index (χ1v) is 6.75. The zero-order chi connectivity index (χ0) is 14.5. The fraction of sp³-hybridized carbons (Fsp3) is 0.533. The Kier molecular flexibility index (Phi) is 5.36. The molecule has 0 bridgehead atoms. The largest absolute Gasteiger partial charge is 0.366 e. The number of quaternary nitrogens is 1. The monoisotopic (exact) mass is 264 g/mol. The molecule has 106 valence electrons. The average Bonchev–Trinajstić information content (AvgIpc) is 2.28. The van der Waals surface area contributed by atoms with Crippen molar-refractivity contribution >= 4 is 17.3 Å². The molecule has 0 aromatic heterocycles. The molecule has 0 heterocycles. The molecule has 0 atom stereocenters. The van der Waals surface area contributed by atoms with Gasteiger partial charge in [-0.3, -0.25) is 4.79 Å². The van der Waals surface area contributed by atoms with Gasteiger partial charge in [0.05, 0.1) is 34.2 Å². The number of likely N-dealkylation sites (N-methyl/N-ethyl adjacent to an activating group) is 2. The molecule has 0 aliphatic carbocycles. The van der Waals surface area contributed by atoms with Crippen molar-refractivity contribution < 1.29 is 9.28 Å². The third kappa shape index (κ3) is 5.75. The summed E-state index contributed by atoms with van der Waals surface area (Å²) in [6.45, 7) is 6.73. The molecule has 0 unspecified atom stereocenters. The van der Waals surface area contributed by atoms with Crippen LogP contribution in [0.15, 0.2) is 24.3 Å². The van der Waals surface area contributed by atoms with Gasteiger partial charge in [-0.2, -0.15) is 0 Å². The van der Waals surface area contributed by atoms with E-state index in [-0.39, 0.29) is 5.91 Å². The van der Waals surface area contributed by atoms with Gasteiger partial charge in [-0.05, 0) is 25.1 Å². The van der Waals surface area contributed by atoms with Crippen molar-refractivity contribution in [3.05, 3.63) is 24.3 Å². The first kappa shape index (κ1) is 15.5. The number of benzene rings is 1. The summed E-state index contributed by atoms with van der Waals surface area (Å²) in [6, 6.07) is 8.01. The molecule has 4 heteroatoms. The molecule has 0 aliphatic rings. The summed E-state index contributed by atoms with van der Waals surface area (Å²) in [5, 5.41) is 2.83. The highest BCUT2D eigenvalue weighted by molar-refractivity contribution is 5.89. The molecule has 0 radical (unpaired) electrons. The second kappa shape index (κ2) is 6.57. The van der Waals surface area contributed by atoms with E-state index in [9.17, 15) is 4.79 Å². The summed E-state index contributed by atoms with van der Waals surface area (Å²) >= 11 is 0. The molecular formula is C15H26N3O+. The van der Waals surface area contributed by atoms with Gasteiger partial charge in [-0.1, -0.05) is 6.07 Å². The highest BCUT2D eigenvalue weighted by Gasteiger charge is 2.11. The van der Waals surface area contributed by atoms with Gasteiger partial charge in [-0.25, -0.2) is 0 Å². The molecule has 1 aromatic rings. The summed E-state index contributed by atoms with van der Waals surface area (Å²) in [7, 11) is 6.59. The number of hydrogen-bond donors (Lipinski definition) is 1. The number of carbonyl (C=O) groups is 1. The smallest absolute Gasteiger partial charge is 0.221 e. The van der Waals surface area contributed by atoms with Gasteiger partial charge < -0.3 is 14.7 Å². The average molecular weight is 264 g/mol. The van der Waals surface area contributed by atoms with Crippen LogP contribution in [0.25, 0.3) is 0 Å². The Morgan fingerprint density at radius 2 is 2.00 bits per heavy atom. The van der Waals surface area contributed by atoms with E-state index < -0.39 is 0 Å². The maximum atomic E-state index is 11.1. The van der Waals surface area contributed by atoms with E-state index in [0.29, 0.717) is 0 Å². The minimum absolute atomic E-state index is 0.0356. The zero-order valence-electron chi connectivity index (χ0n) is 12.7. The summed E-state index contributed by atoms with van der Waals surface area (Å²) in [6.07, 6.45) is 0. The summed E-state index contributed by atoms with van der Waals surface area (Å²) in [5.41, 5.74) is 2.01. The van der Waals surface area contributed by atoms with Crippen molar-refractivity contribution in [3.8, 4) is 0 Å². The summed E-state index contributed by atoms with van der Waals surface area (Å²) < 4.78 is 0.946. The lowest BCUT2D eigenvalue weighted by Gasteiger charge is -2.29. The van der Waals surface area contributed by atoms with Crippen LogP contribution in [0.5, 0.6) is 0 Å². The predicted molar refractivity (Wildman–Crippen MR) is 81.5 cm³/mol. The molecule has 0 spiro atoms. The highest BCUT2D eigenvalue weighted by atomic mass is 16.1. The summed E-state index contributed by atoms with van der Waals surface area (Å²) in [4.78, 5) is 13.4. The van der Waals surface area contributed by atoms with Gasteiger partial charge in [0.25, 0.3) is 0 Å². The number of nitrogens with one attached hydrogen (secondary N) is 1. The minimum atomic E-state index is -0.0356. The minimum Gasteiger partial charge on any atom is -0.366 e. The van der Waals surface area contributed by atoms with E-state index in [1.165, 1.54) is 6.92 Å². The Hall–Kier alpha value is -1.55. The number of anilines is 2. The standard InChI is InChI=1S/C15H25N3O/c1-6-17(10-11-18(3,4)5)15-9-7-8-14(12-15)16-13(2)19/h7-9,12H,6,10-11H2,1-5H3/p+1. The normalized spacial score (nSPS) is 11.2. The molecule has 0 saturated heterocycles. The first-order chi connectivity index (χ1) is 8.81. The van der Waals surface area contributed by atoms with Crippen molar-refractivity contribution in [1.29, 1.82) is 0 Å². The lowest BCUT2D eigenvalue weighted by atomic mass is 10.2. The third-order valence-electron chi connectivity index (χ3n) is 2.95. The van der Waals surface area contributed by atoms with Crippen LogP contribution in [-0.4, -0.2) is 51.2 Å². The van der Waals surface area contributed by atoms with Crippen LogP contribution in [0.1, 0.15) is 13.8 Å². The van der Waals surface area contributed by atoms with Crippen LogP contribution < -0.4 is 10.2 Å². The van der Waals surface area contributed by atoms with E-state index in [2.05, 4.69) is 44.3 Å². The van der Waals surface area contributed by atoms with E-state index >= 15 is 0 Å². The van der Waals surface area contributed by atoms with Gasteiger partial charge in [0.1, 0.15) is 0 Å². The SMILES string of the molecule is CCN(CC[N+](C)(C)C)c1cccc(NC(C)=O)c1. The Morgan fingerprint density at radius 3 is 2.53 bits per heavy atom. The molecular weight excluding hydrogens is 238 g/mol. The van der Waals surface area contributed by atoms with E-state index in [1.54, 1.807) is 0 Å². The number of hydrogen-bond acceptors (Lipinski definition) is 2. The second-order valence-electron chi connectivity index (χ2n) is 5.83. The van der Waals surface area contributed by atoms with E-state index in [1.807, 2.05) is 18.2 Å².